The third-order valence-electron chi connectivity index (χ3n) is 3.15. The average molecular weight is 272 g/mol. The zero-order valence-corrected chi connectivity index (χ0v) is 11.7. The lowest BCUT2D eigenvalue weighted by atomic mass is 10.0. The van der Waals surface area contributed by atoms with Crippen LogP contribution in [0.15, 0.2) is 24.3 Å². The normalized spacial score (nSPS) is 10.3. The van der Waals surface area contributed by atoms with E-state index >= 15 is 0 Å². The molecule has 0 bridgehead atoms. The zero-order chi connectivity index (χ0) is 14.7. The highest BCUT2D eigenvalue weighted by Crippen LogP contribution is 2.23. The number of para-hydroxylation sites is 1. The Morgan fingerprint density at radius 1 is 1.25 bits per heavy atom. The predicted molar refractivity (Wildman–Crippen MR) is 75.6 cm³/mol. The number of carbonyl (C=O) groups is 2. The van der Waals surface area contributed by atoms with Crippen molar-refractivity contribution in [1.29, 1.82) is 0 Å². The van der Waals surface area contributed by atoms with Crippen molar-refractivity contribution in [2.75, 3.05) is 13.7 Å². The fraction of sp³-hybridized carbons (Fsp3) is 0.267. The maximum absolute atomic E-state index is 12.1. The van der Waals surface area contributed by atoms with E-state index in [1.54, 1.807) is 6.92 Å². The number of amides is 1. The monoisotopic (exact) mass is 272 g/mol. The minimum atomic E-state index is -0.526. The number of likely N-dealkylation sites (N-methyl/N-ethyl adjacent to an activating group) is 1. The third-order valence-corrected chi connectivity index (χ3v) is 3.15. The summed E-state index contributed by atoms with van der Waals surface area (Å²) in [6, 6.07) is 7.60. The largest absolute Gasteiger partial charge is 0.452 e. The number of fused-ring (bicyclic) bond motifs is 1. The van der Waals surface area contributed by atoms with E-state index in [1.807, 2.05) is 31.2 Å². The molecule has 1 aromatic heterocycles. The molecule has 0 aliphatic heterocycles. The van der Waals surface area contributed by atoms with Gasteiger partial charge >= 0.3 is 5.97 Å². The molecule has 0 spiro atoms. The number of rotatable bonds is 3. The molecule has 1 heterocycles. The van der Waals surface area contributed by atoms with Crippen LogP contribution in [0, 0.1) is 13.8 Å². The van der Waals surface area contributed by atoms with Crippen molar-refractivity contribution in [3.05, 3.63) is 41.1 Å². The second kappa shape index (κ2) is 5.69. The van der Waals surface area contributed by atoms with Gasteiger partial charge in [0.25, 0.3) is 5.91 Å². The van der Waals surface area contributed by atoms with Crippen molar-refractivity contribution in [1.82, 2.24) is 10.3 Å². The van der Waals surface area contributed by atoms with Gasteiger partial charge < -0.3 is 10.1 Å². The molecule has 20 heavy (non-hydrogen) atoms. The fourth-order valence-corrected chi connectivity index (χ4v) is 2.11. The molecule has 0 fully saturated rings. The van der Waals surface area contributed by atoms with Crippen LogP contribution in [0.2, 0.25) is 0 Å². The van der Waals surface area contributed by atoms with Crippen LogP contribution in [0.5, 0.6) is 0 Å². The van der Waals surface area contributed by atoms with Gasteiger partial charge in [-0.05, 0) is 25.5 Å². The molecule has 5 heteroatoms. The number of aromatic nitrogens is 1. The van der Waals surface area contributed by atoms with E-state index in [4.69, 9.17) is 4.74 Å². The van der Waals surface area contributed by atoms with Crippen LogP contribution in [-0.2, 0) is 9.53 Å². The summed E-state index contributed by atoms with van der Waals surface area (Å²) in [7, 11) is 1.49. The Labute approximate surface area is 117 Å². The van der Waals surface area contributed by atoms with Gasteiger partial charge in [0.2, 0.25) is 0 Å². The number of nitrogens with one attached hydrogen (secondary N) is 1. The quantitative estimate of drug-likeness (QED) is 0.864. The zero-order valence-electron chi connectivity index (χ0n) is 11.7. The van der Waals surface area contributed by atoms with E-state index in [2.05, 4.69) is 10.3 Å². The van der Waals surface area contributed by atoms with E-state index in [9.17, 15) is 9.59 Å². The number of hydrogen-bond acceptors (Lipinski definition) is 4. The summed E-state index contributed by atoms with van der Waals surface area (Å²) in [4.78, 5) is 27.6. The number of hydrogen-bond donors (Lipinski definition) is 1. The van der Waals surface area contributed by atoms with E-state index in [-0.39, 0.29) is 12.5 Å². The van der Waals surface area contributed by atoms with Crippen LogP contribution in [0.25, 0.3) is 10.9 Å². The summed E-state index contributed by atoms with van der Waals surface area (Å²) in [5, 5.41) is 3.31. The molecule has 0 atom stereocenters. The first-order valence-electron chi connectivity index (χ1n) is 6.28. The van der Waals surface area contributed by atoms with Crippen molar-refractivity contribution in [2.45, 2.75) is 13.8 Å². The van der Waals surface area contributed by atoms with Crippen molar-refractivity contribution < 1.29 is 14.3 Å². The van der Waals surface area contributed by atoms with Gasteiger partial charge in [0.15, 0.2) is 6.61 Å². The first-order chi connectivity index (χ1) is 9.54. The first-order valence-corrected chi connectivity index (χ1v) is 6.28. The molecule has 0 unspecified atom stereocenters. The second-order valence-corrected chi connectivity index (χ2v) is 4.46. The highest BCUT2D eigenvalue weighted by Gasteiger charge is 2.18. The summed E-state index contributed by atoms with van der Waals surface area (Å²) in [6.07, 6.45) is 0. The van der Waals surface area contributed by atoms with Crippen LogP contribution in [-0.4, -0.2) is 30.5 Å². The fourth-order valence-electron chi connectivity index (χ4n) is 2.11. The van der Waals surface area contributed by atoms with Gasteiger partial charge in [0.1, 0.15) is 0 Å². The summed E-state index contributed by atoms with van der Waals surface area (Å²) in [5.74, 6) is -0.871. The molecule has 0 radical (unpaired) electrons. The molecule has 0 saturated carbocycles. The predicted octanol–water partition coefficient (Wildman–Crippen LogP) is 1.75. The topological polar surface area (TPSA) is 68.3 Å². The lowest BCUT2D eigenvalue weighted by molar-refractivity contribution is -0.123. The van der Waals surface area contributed by atoms with Gasteiger partial charge in [-0.25, -0.2) is 4.79 Å². The maximum Gasteiger partial charge on any atom is 0.340 e. The lowest BCUT2D eigenvalue weighted by Crippen LogP contribution is -2.25. The highest BCUT2D eigenvalue weighted by molar-refractivity contribution is 5.98. The number of ether oxygens (including phenoxy) is 1. The molecule has 1 aromatic carbocycles. The standard InChI is InChI=1S/C15H16N2O3/c1-9-11-6-4-5-7-12(11)17-10(2)14(9)15(19)20-8-13(18)16-3/h4-7H,8H2,1-3H3,(H,16,18). The number of nitrogens with zero attached hydrogens (tertiary/aromatic N) is 1. The van der Waals surface area contributed by atoms with Crippen LogP contribution in [0.3, 0.4) is 0 Å². The molecule has 0 saturated heterocycles. The molecule has 0 aliphatic rings. The van der Waals surface area contributed by atoms with Gasteiger partial charge in [-0.15, -0.1) is 0 Å². The Morgan fingerprint density at radius 2 is 1.95 bits per heavy atom. The SMILES string of the molecule is CNC(=O)COC(=O)c1c(C)nc2ccccc2c1C. The highest BCUT2D eigenvalue weighted by atomic mass is 16.5. The molecular formula is C15H16N2O3. The van der Waals surface area contributed by atoms with Gasteiger partial charge in [-0.2, -0.15) is 0 Å². The first kappa shape index (κ1) is 14.0. The second-order valence-electron chi connectivity index (χ2n) is 4.46. The Hall–Kier alpha value is -2.43. The minimum absolute atomic E-state index is 0.291. The summed E-state index contributed by atoms with van der Waals surface area (Å²) in [5.41, 5.74) is 2.68. The molecule has 104 valence electrons. The molecule has 1 amide bonds. The van der Waals surface area contributed by atoms with Crippen molar-refractivity contribution in [2.24, 2.45) is 0 Å². The number of esters is 1. The summed E-state index contributed by atoms with van der Waals surface area (Å²) >= 11 is 0. The van der Waals surface area contributed by atoms with Gasteiger partial charge in [-0.3, -0.25) is 9.78 Å². The molecule has 2 rings (SSSR count). The maximum atomic E-state index is 12.1. The Balaban J connectivity index is 2.38. The molecule has 2 aromatic rings. The van der Waals surface area contributed by atoms with Gasteiger partial charge in [0, 0.05) is 12.4 Å². The number of pyridine rings is 1. The van der Waals surface area contributed by atoms with Crippen LogP contribution in [0.1, 0.15) is 21.6 Å². The smallest absolute Gasteiger partial charge is 0.340 e. The lowest BCUT2D eigenvalue weighted by Gasteiger charge is -2.11. The average Bonchev–Trinajstić information content (AvgIpc) is 2.44. The number of carbonyl (C=O) groups excluding carboxylic acids is 2. The van der Waals surface area contributed by atoms with E-state index in [0.29, 0.717) is 11.3 Å². The van der Waals surface area contributed by atoms with Gasteiger partial charge in [-0.1, -0.05) is 18.2 Å². The molecular weight excluding hydrogens is 256 g/mol. The Bertz CT molecular complexity index is 680. The van der Waals surface area contributed by atoms with Gasteiger partial charge in [0.05, 0.1) is 16.8 Å². The number of benzene rings is 1. The third kappa shape index (κ3) is 2.61. The minimum Gasteiger partial charge on any atom is -0.452 e. The van der Waals surface area contributed by atoms with E-state index in [0.717, 1.165) is 16.5 Å². The molecule has 1 N–H and O–H groups in total. The van der Waals surface area contributed by atoms with E-state index in [1.165, 1.54) is 7.05 Å². The Morgan fingerprint density at radius 3 is 2.65 bits per heavy atom. The summed E-state index contributed by atoms with van der Waals surface area (Å²) < 4.78 is 5.00. The molecule has 5 nitrogen and oxygen atoms in total. The van der Waals surface area contributed by atoms with Crippen molar-refractivity contribution >= 4 is 22.8 Å². The van der Waals surface area contributed by atoms with Crippen LogP contribution in [0.4, 0.5) is 0 Å². The van der Waals surface area contributed by atoms with E-state index < -0.39 is 5.97 Å². The molecule has 0 aliphatic carbocycles. The summed E-state index contributed by atoms with van der Waals surface area (Å²) in [6.45, 7) is 3.32. The van der Waals surface area contributed by atoms with Crippen LogP contribution < -0.4 is 5.32 Å². The number of aryl methyl sites for hydroxylation is 2. The van der Waals surface area contributed by atoms with Crippen molar-refractivity contribution in [3.8, 4) is 0 Å². The van der Waals surface area contributed by atoms with Crippen molar-refractivity contribution in [3.63, 3.8) is 0 Å². The Kier molecular flexibility index (Phi) is 3.98. The van der Waals surface area contributed by atoms with Crippen LogP contribution >= 0.6 is 0 Å².